The predicted octanol–water partition coefficient (Wildman–Crippen LogP) is 5.17. The number of hydrogen-bond donors (Lipinski definition) is 1. The molecule has 1 aromatic rings. The Balaban J connectivity index is 2.19. The van der Waals surface area contributed by atoms with Crippen LogP contribution in [-0.2, 0) is 4.79 Å². The van der Waals surface area contributed by atoms with Crippen molar-refractivity contribution in [2.24, 2.45) is 11.3 Å². The monoisotopic (exact) mass is 401 g/mol. The van der Waals surface area contributed by atoms with Crippen LogP contribution in [-0.4, -0.2) is 42.9 Å². The average Bonchev–Trinajstić information content (AvgIpc) is 3.15. The third-order valence-corrected chi connectivity index (χ3v) is 5.50. The van der Waals surface area contributed by atoms with Crippen LogP contribution < -0.4 is 10.2 Å². The molecule has 0 aromatic heterocycles. The standard InChI is InChI=1S/C24H39N3O2/c1-7-26(8-2)23(29)20-16-19(11-12-21(20)27-13-9-10-14-27)25-22(28)15-18(3)17-24(4,5)6/h11-12,16,18H,7-10,13-15,17H2,1-6H3,(H,25,28). The predicted molar refractivity (Wildman–Crippen MR) is 122 cm³/mol. The topological polar surface area (TPSA) is 52.7 Å². The molecule has 2 rings (SSSR count). The SMILES string of the molecule is CCN(CC)C(=O)c1cc(NC(=O)CC(C)CC(C)(C)C)ccc1N1CCCC1. The van der Waals surface area contributed by atoms with Gasteiger partial charge < -0.3 is 15.1 Å². The third kappa shape index (κ3) is 6.76. The van der Waals surface area contributed by atoms with Gasteiger partial charge in [-0.05, 0) is 62.6 Å². The largest absolute Gasteiger partial charge is 0.371 e. The zero-order valence-corrected chi connectivity index (χ0v) is 19.2. The van der Waals surface area contributed by atoms with Crippen LogP contribution in [0.5, 0.6) is 0 Å². The number of anilines is 2. The van der Waals surface area contributed by atoms with Crippen LogP contribution in [0, 0.1) is 11.3 Å². The second kappa shape index (κ2) is 10.1. The van der Waals surface area contributed by atoms with Crippen molar-refractivity contribution in [3.05, 3.63) is 23.8 Å². The molecule has 0 bridgehead atoms. The van der Waals surface area contributed by atoms with E-state index in [1.807, 2.05) is 36.9 Å². The van der Waals surface area contributed by atoms with Gasteiger partial charge in [0.1, 0.15) is 0 Å². The molecular formula is C24H39N3O2. The van der Waals surface area contributed by atoms with Crippen LogP contribution in [0.4, 0.5) is 11.4 Å². The van der Waals surface area contributed by atoms with Gasteiger partial charge in [-0.25, -0.2) is 0 Å². The van der Waals surface area contributed by atoms with Crippen LogP contribution in [0.3, 0.4) is 0 Å². The number of nitrogens with zero attached hydrogens (tertiary/aromatic N) is 2. The summed E-state index contributed by atoms with van der Waals surface area (Å²) in [6.45, 7) is 16.0. The molecule has 29 heavy (non-hydrogen) atoms. The number of amides is 2. The van der Waals surface area contributed by atoms with Crippen molar-refractivity contribution >= 4 is 23.2 Å². The zero-order chi connectivity index (χ0) is 21.6. The summed E-state index contributed by atoms with van der Waals surface area (Å²) in [7, 11) is 0. The molecule has 1 atom stereocenters. The Morgan fingerprint density at radius 2 is 1.76 bits per heavy atom. The lowest BCUT2D eigenvalue weighted by molar-refractivity contribution is -0.117. The number of carbonyl (C=O) groups is 2. The van der Waals surface area contributed by atoms with Gasteiger partial charge >= 0.3 is 0 Å². The molecule has 1 aliphatic heterocycles. The van der Waals surface area contributed by atoms with E-state index in [1.54, 1.807) is 0 Å². The van der Waals surface area contributed by atoms with E-state index in [1.165, 1.54) is 0 Å². The van der Waals surface area contributed by atoms with E-state index in [0.717, 1.165) is 38.0 Å². The molecule has 1 fully saturated rings. The quantitative estimate of drug-likeness (QED) is 0.654. The summed E-state index contributed by atoms with van der Waals surface area (Å²) in [6, 6.07) is 5.79. The summed E-state index contributed by atoms with van der Waals surface area (Å²) < 4.78 is 0. The van der Waals surface area contributed by atoms with Gasteiger partial charge in [0.25, 0.3) is 5.91 Å². The molecule has 1 saturated heterocycles. The van der Waals surface area contributed by atoms with Crippen molar-refractivity contribution in [3.8, 4) is 0 Å². The van der Waals surface area contributed by atoms with Crippen molar-refractivity contribution in [2.75, 3.05) is 36.4 Å². The van der Waals surface area contributed by atoms with E-state index < -0.39 is 0 Å². The summed E-state index contributed by atoms with van der Waals surface area (Å²) in [6.07, 6.45) is 3.80. The van der Waals surface area contributed by atoms with E-state index in [9.17, 15) is 9.59 Å². The second-order valence-corrected chi connectivity index (χ2v) is 9.53. The van der Waals surface area contributed by atoms with Crippen LogP contribution >= 0.6 is 0 Å². The fraction of sp³-hybridized carbons (Fsp3) is 0.667. The first kappa shape index (κ1) is 23.2. The third-order valence-electron chi connectivity index (χ3n) is 5.50. The molecule has 1 heterocycles. The maximum absolute atomic E-state index is 13.1. The van der Waals surface area contributed by atoms with Crippen molar-refractivity contribution in [1.82, 2.24) is 4.90 Å². The number of hydrogen-bond acceptors (Lipinski definition) is 3. The molecule has 2 amide bonds. The van der Waals surface area contributed by atoms with Gasteiger partial charge in [-0.1, -0.05) is 27.7 Å². The minimum absolute atomic E-state index is 0.0110. The summed E-state index contributed by atoms with van der Waals surface area (Å²) in [5.41, 5.74) is 2.59. The Hall–Kier alpha value is -2.04. The van der Waals surface area contributed by atoms with E-state index in [4.69, 9.17) is 0 Å². The Morgan fingerprint density at radius 3 is 2.31 bits per heavy atom. The van der Waals surface area contributed by atoms with E-state index >= 15 is 0 Å². The summed E-state index contributed by atoms with van der Waals surface area (Å²) >= 11 is 0. The highest BCUT2D eigenvalue weighted by molar-refractivity contribution is 6.02. The Kier molecular flexibility index (Phi) is 8.12. The molecule has 1 unspecified atom stereocenters. The van der Waals surface area contributed by atoms with E-state index in [-0.39, 0.29) is 17.2 Å². The van der Waals surface area contributed by atoms with Crippen molar-refractivity contribution in [3.63, 3.8) is 0 Å². The molecule has 1 aliphatic rings. The van der Waals surface area contributed by atoms with Gasteiger partial charge in [0, 0.05) is 44.0 Å². The molecule has 0 radical (unpaired) electrons. The number of benzene rings is 1. The van der Waals surface area contributed by atoms with Crippen LogP contribution in [0.1, 0.15) is 77.6 Å². The summed E-state index contributed by atoms with van der Waals surface area (Å²) in [4.78, 5) is 29.8. The fourth-order valence-corrected chi connectivity index (χ4v) is 4.35. The first-order valence-corrected chi connectivity index (χ1v) is 11.1. The Morgan fingerprint density at radius 1 is 1.14 bits per heavy atom. The van der Waals surface area contributed by atoms with Gasteiger partial charge in [0.15, 0.2) is 0 Å². The summed E-state index contributed by atoms with van der Waals surface area (Å²) in [5.74, 6) is 0.363. The van der Waals surface area contributed by atoms with Gasteiger partial charge in [-0.3, -0.25) is 9.59 Å². The molecular weight excluding hydrogens is 362 g/mol. The van der Waals surface area contributed by atoms with Crippen LogP contribution in [0.2, 0.25) is 0 Å². The highest BCUT2D eigenvalue weighted by atomic mass is 16.2. The maximum atomic E-state index is 13.1. The summed E-state index contributed by atoms with van der Waals surface area (Å²) in [5, 5.41) is 3.02. The van der Waals surface area contributed by atoms with Gasteiger partial charge in [-0.2, -0.15) is 0 Å². The molecule has 1 aromatic carbocycles. The molecule has 5 nitrogen and oxygen atoms in total. The zero-order valence-electron chi connectivity index (χ0n) is 19.2. The lowest BCUT2D eigenvalue weighted by Gasteiger charge is -2.26. The minimum Gasteiger partial charge on any atom is -0.371 e. The smallest absolute Gasteiger partial charge is 0.256 e. The fourth-order valence-electron chi connectivity index (χ4n) is 4.35. The van der Waals surface area contributed by atoms with Crippen LogP contribution in [0.25, 0.3) is 0 Å². The Bertz CT molecular complexity index is 699. The lowest BCUT2D eigenvalue weighted by atomic mass is 9.84. The number of nitrogens with one attached hydrogen (secondary N) is 1. The van der Waals surface area contributed by atoms with Crippen molar-refractivity contribution < 1.29 is 9.59 Å². The number of carbonyl (C=O) groups excluding carboxylic acids is 2. The first-order chi connectivity index (χ1) is 13.6. The van der Waals surface area contributed by atoms with Crippen LogP contribution in [0.15, 0.2) is 18.2 Å². The Labute approximate surface area is 176 Å². The van der Waals surface area contributed by atoms with Gasteiger partial charge in [-0.15, -0.1) is 0 Å². The molecule has 0 spiro atoms. The van der Waals surface area contributed by atoms with Crippen molar-refractivity contribution in [2.45, 2.75) is 67.2 Å². The minimum atomic E-state index is 0.0110. The molecule has 0 saturated carbocycles. The van der Waals surface area contributed by atoms with E-state index in [2.05, 4.69) is 37.9 Å². The average molecular weight is 402 g/mol. The highest BCUT2D eigenvalue weighted by Crippen LogP contribution is 2.30. The van der Waals surface area contributed by atoms with Crippen molar-refractivity contribution in [1.29, 1.82) is 0 Å². The van der Waals surface area contributed by atoms with Gasteiger partial charge in [0.2, 0.25) is 5.91 Å². The first-order valence-electron chi connectivity index (χ1n) is 11.1. The molecule has 5 heteroatoms. The lowest BCUT2D eigenvalue weighted by Crippen LogP contribution is -2.32. The normalized spacial score (nSPS) is 15.3. The highest BCUT2D eigenvalue weighted by Gasteiger charge is 2.23. The second-order valence-electron chi connectivity index (χ2n) is 9.53. The van der Waals surface area contributed by atoms with E-state index in [0.29, 0.717) is 36.7 Å². The van der Waals surface area contributed by atoms with Gasteiger partial charge in [0.05, 0.1) is 5.56 Å². The molecule has 0 aliphatic carbocycles. The molecule has 1 N–H and O–H groups in total. The maximum Gasteiger partial charge on any atom is 0.256 e. The molecule has 162 valence electrons. The number of rotatable bonds is 8.